The van der Waals surface area contributed by atoms with Crippen LogP contribution in [-0.4, -0.2) is 44.3 Å². The van der Waals surface area contributed by atoms with Crippen molar-refractivity contribution in [2.45, 2.75) is 19.4 Å². The van der Waals surface area contributed by atoms with Crippen LogP contribution in [0.3, 0.4) is 0 Å². The summed E-state index contributed by atoms with van der Waals surface area (Å²) in [6.07, 6.45) is 4.56. The summed E-state index contributed by atoms with van der Waals surface area (Å²) in [6, 6.07) is 18.2. The van der Waals surface area contributed by atoms with E-state index in [-0.39, 0.29) is 0 Å². The van der Waals surface area contributed by atoms with Gasteiger partial charge >= 0.3 is 0 Å². The van der Waals surface area contributed by atoms with Crippen LogP contribution < -0.4 is 4.74 Å². The molecule has 2 aromatic heterocycles. The van der Waals surface area contributed by atoms with E-state index in [0.29, 0.717) is 6.04 Å². The molecule has 6 heteroatoms. The van der Waals surface area contributed by atoms with Crippen LogP contribution in [0.1, 0.15) is 19.4 Å². The van der Waals surface area contributed by atoms with Crippen molar-refractivity contribution >= 4 is 11.0 Å². The Morgan fingerprint density at radius 2 is 1.83 bits per heavy atom. The van der Waals surface area contributed by atoms with Crippen LogP contribution in [0, 0.1) is 0 Å². The molecule has 1 fully saturated rings. The summed E-state index contributed by atoms with van der Waals surface area (Å²) < 4.78 is 8.01. The minimum absolute atomic E-state index is 0.349. The van der Waals surface area contributed by atoms with Crippen LogP contribution in [0.4, 0.5) is 0 Å². The molecule has 3 heterocycles. The second-order valence-corrected chi connectivity index (χ2v) is 7.33. The Kier molecular flexibility index (Phi) is 4.69. The number of hydrogen-bond acceptors (Lipinski definition) is 5. The van der Waals surface area contributed by atoms with Crippen molar-refractivity contribution in [1.82, 2.24) is 24.6 Å². The number of aromatic nitrogens is 4. The number of nitrogens with zero attached hydrogens (tertiary/aromatic N) is 5. The molecule has 1 atom stereocenters. The molecular weight excluding hydrogens is 362 g/mol. The maximum Gasteiger partial charge on any atom is 0.162 e. The summed E-state index contributed by atoms with van der Waals surface area (Å²) >= 11 is 0. The number of fused-ring (bicyclic) bond motifs is 1. The number of likely N-dealkylation sites (N-methyl/N-ethyl adjacent to an activating group) is 1. The van der Waals surface area contributed by atoms with Gasteiger partial charge in [0.05, 0.1) is 11.4 Å². The Morgan fingerprint density at radius 1 is 1.03 bits per heavy atom. The number of hydrogen-bond donors (Lipinski definition) is 0. The van der Waals surface area contributed by atoms with Gasteiger partial charge in [-0.1, -0.05) is 25.1 Å². The molecule has 6 nitrogen and oxygen atoms in total. The number of ether oxygens (including phenoxy) is 1. The first-order chi connectivity index (χ1) is 14.3. The fourth-order valence-corrected chi connectivity index (χ4v) is 3.95. The number of para-hydroxylation sites is 1. The fourth-order valence-electron chi connectivity index (χ4n) is 3.95. The zero-order valence-corrected chi connectivity index (χ0v) is 16.4. The lowest BCUT2D eigenvalue weighted by Crippen LogP contribution is -2.21. The van der Waals surface area contributed by atoms with Crippen molar-refractivity contribution in [3.63, 3.8) is 0 Å². The Morgan fingerprint density at radius 3 is 2.59 bits per heavy atom. The lowest BCUT2D eigenvalue weighted by atomic mass is 10.1. The highest BCUT2D eigenvalue weighted by Crippen LogP contribution is 2.32. The number of likely N-dealkylation sites (tertiary alicyclic amines) is 1. The van der Waals surface area contributed by atoms with E-state index < -0.39 is 0 Å². The lowest BCUT2D eigenvalue weighted by molar-refractivity contribution is 0.337. The molecule has 1 saturated heterocycles. The van der Waals surface area contributed by atoms with Gasteiger partial charge in [0.25, 0.3) is 0 Å². The molecule has 0 amide bonds. The molecule has 4 aromatic rings. The molecule has 1 aliphatic heterocycles. The van der Waals surface area contributed by atoms with Gasteiger partial charge < -0.3 is 9.64 Å². The standard InChI is InChI=1S/C23H23N5O/c1-2-27-13-12-18(15-27)28-23-21(14-24-16-25-23)22(26-28)17-8-10-20(11-9-17)29-19-6-4-3-5-7-19/h3-11,14,16,18H,2,12-13,15H2,1H3. The van der Waals surface area contributed by atoms with E-state index in [1.54, 1.807) is 6.33 Å². The summed E-state index contributed by atoms with van der Waals surface area (Å²) in [7, 11) is 0. The summed E-state index contributed by atoms with van der Waals surface area (Å²) in [5.41, 5.74) is 2.86. The van der Waals surface area contributed by atoms with Gasteiger partial charge in [-0.3, -0.25) is 0 Å². The van der Waals surface area contributed by atoms with Crippen molar-refractivity contribution in [3.05, 3.63) is 67.1 Å². The van der Waals surface area contributed by atoms with Gasteiger partial charge in [-0.2, -0.15) is 5.10 Å². The molecule has 0 bridgehead atoms. The zero-order chi connectivity index (χ0) is 19.6. The Hall–Kier alpha value is -3.25. The predicted molar refractivity (Wildman–Crippen MR) is 113 cm³/mol. The van der Waals surface area contributed by atoms with Crippen LogP contribution in [0.25, 0.3) is 22.3 Å². The summed E-state index contributed by atoms with van der Waals surface area (Å²) in [6.45, 7) is 5.39. The molecule has 1 unspecified atom stereocenters. The second-order valence-electron chi connectivity index (χ2n) is 7.33. The first kappa shape index (κ1) is 17.8. The van der Waals surface area contributed by atoms with Gasteiger partial charge in [0.15, 0.2) is 5.65 Å². The monoisotopic (exact) mass is 385 g/mol. The van der Waals surface area contributed by atoms with Gasteiger partial charge in [-0.25, -0.2) is 14.6 Å². The maximum absolute atomic E-state index is 5.91. The van der Waals surface area contributed by atoms with Crippen molar-refractivity contribution in [2.24, 2.45) is 0 Å². The van der Waals surface area contributed by atoms with Crippen molar-refractivity contribution in [3.8, 4) is 22.8 Å². The van der Waals surface area contributed by atoms with Crippen LogP contribution in [-0.2, 0) is 0 Å². The highest BCUT2D eigenvalue weighted by Gasteiger charge is 2.26. The van der Waals surface area contributed by atoms with Crippen LogP contribution in [0.2, 0.25) is 0 Å². The minimum atomic E-state index is 0.349. The topological polar surface area (TPSA) is 56.1 Å². The Balaban J connectivity index is 1.47. The first-order valence-corrected chi connectivity index (χ1v) is 10.1. The third kappa shape index (κ3) is 3.47. The first-order valence-electron chi connectivity index (χ1n) is 10.1. The van der Waals surface area contributed by atoms with Crippen LogP contribution >= 0.6 is 0 Å². The van der Waals surface area contributed by atoms with E-state index in [1.807, 2.05) is 60.8 Å². The van der Waals surface area contributed by atoms with Crippen molar-refractivity contribution in [1.29, 1.82) is 0 Å². The number of rotatable bonds is 5. The van der Waals surface area contributed by atoms with Crippen LogP contribution in [0.5, 0.6) is 11.5 Å². The van der Waals surface area contributed by atoms with Gasteiger partial charge in [0, 0.05) is 24.8 Å². The quantitative estimate of drug-likeness (QED) is 0.504. The molecule has 1 aliphatic rings. The Bertz CT molecular complexity index is 1110. The molecule has 2 aromatic carbocycles. The highest BCUT2D eigenvalue weighted by molar-refractivity contribution is 5.90. The summed E-state index contributed by atoms with van der Waals surface area (Å²) in [5.74, 6) is 1.62. The number of benzene rings is 2. The van der Waals surface area contributed by atoms with Crippen LogP contribution in [0.15, 0.2) is 67.1 Å². The molecule has 146 valence electrons. The average Bonchev–Trinajstić information content (AvgIpc) is 3.40. The molecule has 0 saturated carbocycles. The summed E-state index contributed by atoms with van der Waals surface area (Å²) in [4.78, 5) is 11.2. The average molecular weight is 385 g/mol. The molecule has 0 N–H and O–H groups in total. The zero-order valence-electron chi connectivity index (χ0n) is 16.4. The van der Waals surface area contributed by atoms with Gasteiger partial charge in [-0.15, -0.1) is 0 Å². The van der Waals surface area contributed by atoms with E-state index in [4.69, 9.17) is 9.84 Å². The molecule has 0 radical (unpaired) electrons. The van der Waals surface area contributed by atoms with E-state index in [2.05, 4.69) is 26.5 Å². The lowest BCUT2D eigenvalue weighted by Gasteiger charge is -2.13. The molecule has 0 spiro atoms. The highest BCUT2D eigenvalue weighted by atomic mass is 16.5. The van der Waals surface area contributed by atoms with Crippen molar-refractivity contribution < 1.29 is 4.74 Å². The second kappa shape index (κ2) is 7.64. The van der Waals surface area contributed by atoms with Crippen molar-refractivity contribution in [2.75, 3.05) is 19.6 Å². The molecule has 29 heavy (non-hydrogen) atoms. The van der Waals surface area contributed by atoms with Gasteiger partial charge in [0.1, 0.15) is 23.5 Å². The third-order valence-electron chi connectivity index (χ3n) is 5.52. The van der Waals surface area contributed by atoms with E-state index in [0.717, 1.165) is 59.8 Å². The SMILES string of the molecule is CCN1CCC(n2nc(-c3ccc(Oc4ccccc4)cc3)c3cncnc32)C1. The molecular formula is C23H23N5O. The van der Waals surface area contributed by atoms with E-state index in [9.17, 15) is 0 Å². The fraction of sp³-hybridized carbons (Fsp3) is 0.261. The van der Waals surface area contributed by atoms with Gasteiger partial charge in [0.2, 0.25) is 0 Å². The third-order valence-corrected chi connectivity index (χ3v) is 5.52. The molecule has 0 aliphatic carbocycles. The smallest absolute Gasteiger partial charge is 0.162 e. The maximum atomic E-state index is 5.91. The van der Waals surface area contributed by atoms with E-state index >= 15 is 0 Å². The normalized spacial score (nSPS) is 17.1. The largest absolute Gasteiger partial charge is 0.457 e. The van der Waals surface area contributed by atoms with Gasteiger partial charge in [-0.05, 0) is 49.4 Å². The minimum Gasteiger partial charge on any atom is -0.457 e. The Labute approximate surface area is 169 Å². The molecule has 5 rings (SSSR count). The predicted octanol–water partition coefficient (Wildman–Crippen LogP) is 4.55. The van der Waals surface area contributed by atoms with E-state index in [1.165, 1.54) is 0 Å². The summed E-state index contributed by atoms with van der Waals surface area (Å²) in [5, 5.41) is 5.96.